The topological polar surface area (TPSA) is 121 Å². The molecule has 4 rings (SSSR count). The average Bonchev–Trinajstić information content (AvgIpc) is 3.25. The third-order valence-corrected chi connectivity index (χ3v) is 7.05. The maximum absolute atomic E-state index is 12.0. The molecule has 3 aromatic rings. The molecule has 0 saturated carbocycles. The molecule has 30 heavy (non-hydrogen) atoms. The molecule has 1 aromatic carbocycles. The van der Waals surface area contributed by atoms with E-state index in [-0.39, 0.29) is 23.1 Å². The third kappa shape index (κ3) is 3.36. The molecule has 10 heteroatoms. The number of aryl methyl sites for hydroxylation is 1. The molecular weight excluding hydrogens is 410 g/mol. The first-order valence-corrected chi connectivity index (χ1v) is 11.1. The number of hydrogen-bond donors (Lipinski definition) is 1. The minimum Gasteiger partial charge on any atom is -0.493 e. The fourth-order valence-electron chi connectivity index (χ4n) is 3.85. The molecule has 1 fully saturated rings. The Morgan fingerprint density at radius 1 is 1.20 bits per heavy atom. The number of methoxy groups -OCH3 is 2. The maximum Gasteiger partial charge on any atom is 0.336 e. The van der Waals surface area contributed by atoms with Crippen LogP contribution in [-0.4, -0.2) is 60.0 Å². The molecule has 1 saturated heterocycles. The van der Waals surface area contributed by atoms with Gasteiger partial charge in [-0.2, -0.15) is 5.10 Å². The smallest absolute Gasteiger partial charge is 0.336 e. The van der Waals surface area contributed by atoms with Crippen molar-refractivity contribution < 1.29 is 27.8 Å². The van der Waals surface area contributed by atoms with Crippen molar-refractivity contribution in [2.75, 3.05) is 25.7 Å². The fraction of sp³-hybridized carbons (Fsp3) is 0.350. The van der Waals surface area contributed by atoms with Crippen LogP contribution in [0.1, 0.15) is 28.5 Å². The molecule has 1 N–H and O–H groups in total. The summed E-state index contributed by atoms with van der Waals surface area (Å²) in [6, 6.07) is 6.31. The molecule has 0 aliphatic carbocycles. The van der Waals surface area contributed by atoms with Crippen LogP contribution in [-0.2, 0) is 9.84 Å². The van der Waals surface area contributed by atoms with E-state index in [2.05, 4.69) is 10.1 Å². The predicted molar refractivity (Wildman–Crippen MR) is 110 cm³/mol. The van der Waals surface area contributed by atoms with Gasteiger partial charge < -0.3 is 14.6 Å². The molecule has 9 nitrogen and oxygen atoms in total. The van der Waals surface area contributed by atoms with Gasteiger partial charge in [0.25, 0.3) is 0 Å². The normalized spacial score (nSPS) is 17.9. The first-order valence-electron chi connectivity index (χ1n) is 9.30. The van der Waals surface area contributed by atoms with E-state index < -0.39 is 15.8 Å². The number of hydrogen-bond acceptors (Lipinski definition) is 7. The molecule has 1 unspecified atom stereocenters. The molecule has 1 aliphatic rings. The lowest BCUT2D eigenvalue weighted by atomic mass is 10.0. The van der Waals surface area contributed by atoms with Crippen LogP contribution in [0.3, 0.4) is 0 Å². The number of aromatic carboxylic acids is 1. The Morgan fingerprint density at radius 2 is 1.93 bits per heavy atom. The molecule has 1 atom stereocenters. The lowest BCUT2D eigenvalue weighted by Gasteiger charge is -2.12. The van der Waals surface area contributed by atoms with Gasteiger partial charge in [0.1, 0.15) is 0 Å². The van der Waals surface area contributed by atoms with Gasteiger partial charge in [0.2, 0.25) is 0 Å². The second-order valence-corrected chi connectivity index (χ2v) is 9.44. The summed E-state index contributed by atoms with van der Waals surface area (Å²) in [6.45, 7) is 1.70. The van der Waals surface area contributed by atoms with Crippen LogP contribution in [0.25, 0.3) is 22.3 Å². The van der Waals surface area contributed by atoms with Gasteiger partial charge in [-0.05, 0) is 37.6 Å². The van der Waals surface area contributed by atoms with Crippen molar-refractivity contribution in [3.05, 3.63) is 35.5 Å². The number of ether oxygens (including phenoxy) is 2. The molecule has 158 valence electrons. The highest BCUT2D eigenvalue weighted by molar-refractivity contribution is 7.91. The SMILES string of the molecule is COc1ccc(-c2cc(C(=O)O)c3c(C)nn(C4CCS(=O)(=O)C4)c3n2)cc1OC. The highest BCUT2D eigenvalue weighted by Gasteiger charge is 2.32. The van der Waals surface area contributed by atoms with Gasteiger partial charge in [-0.1, -0.05) is 0 Å². The minimum atomic E-state index is -3.14. The van der Waals surface area contributed by atoms with Gasteiger partial charge in [0.15, 0.2) is 27.0 Å². The molecule has 0 bridgehead atoms. The second kappa shape index (κ2) is 7.28. The Labute approximate surface area is 173 Å². The molecule has 0 spiro atoms. The quantitative estimate of drug-likeness (QED) is 0.654. The van der Waals surface area contributed by atoms with E-state index in [1.807, 2.05) is 0 Å². The van der Waals surface area contributed by atoms with Crippen molar-refractivity contribution in [1.29, 1.82) is 0 Å². The Hall–Kier alpha value is -3.14. The average molecular weight is 431 g/mol. The molecule has 1 aliphatic heterocycles. The summed E-state index contributed by atoms with van der Waals surface area (Å²) >= 11 is 0. The summed E-state index contributed by atoms with van der Waals surface area (Å²) in [4.78, 5) is 16.7. The summed E-state index contributed by atoms with van der Waals surface area (Å²) in [7, 11) is -0.101. The van der Waals surface area contributed by atoms with Crippen LogP contribution in [0.4, 0.5) is 0 Å². The summed E-state index contributed by atoms with van der Waals surface area (Å²) in [6.07, 6.45) is 0.420. The van der Waals surface area contributed by atoms with Gasteiger partial charge in [-0.25, -0.2) is 22.9 Å². The molecule has 0 radical (unpaired) electrons. The van der Waals surface area contributed by atoms with E-state index in [9.17, 15) is 18.3 Å². The Bertz CT molecular complexity index is 1270. The van der Waals surface area contributed by atoms with E-state index in [4.69, 9.17) is 9.47 Å². The zero-order valence-corrected chi connectivity index (χ0v) is 17.6. The number of benzene rings is 1. The number of aromatic nitrogens is 3. The zero-order chi connectivity index (χ0) is 21.6. The largest absolute Gasteiger partial charge is 0.493 e. The summed E-state index contributed by atoms with van der Waals surface area (Å²) in [5.74, 6) is -0.0309. The van der Waals surface area contributed by atoms with Crippen molar-refractivity contribution in [3.63, 3.8) is 0 Å². The van der Waals surface area contributed by atoms with Crippen molar-refractivity contribution >= 4 is 26.8 Å². The van der Waals surface area contributed by atoms with Gasteiger partial charge >= 0.3 is 5.97 Å². The summed E-state index contributed by atoms with van der Waals surface area (Å²) in [5, 5.41) is 14.7. The second-order valence-electron chi connectivity index (χ2n) is 7.22. The standard InChI is InChI=1S/C20H21N3O6S/c1-11-18-14(20(24)25)9-15(12-4-5-16(28-2)17(8-12)29-3)21-19(18)23(22-11)13-6-7-30(26,27)10-13/h4-5,8-9,13H,6-7,10H2,1-3H3,(H,24,25). The van der Waals surface area contributed by atoms with Crippen LogP contribution in [0, 0.1) is 6.92 Å². The highest BCUT2D eigenvalue weighted by Crippen LogP contribution is 2.35. The fourth-order valence-corrected chi connectivity index (χ4v) is 5.54. The van der Waals surface area contributed by atoms with Crippen LogP contribution >= 0.6 is 0 Å². The monoisotopic (exact) mass is 431 g/mol. The number of pyridine rings is 1. The van der Waals surface area contributed by atoms with Crippen LogP contribution in [0.15, 0.2) is 24.3 Å². The van der Waals surface area contributed by atoms with Gasteiger partial charge in [0, 0.05) is 5.56 Å². The molecule has 3 heterocycles. The van der Waals surface area contributed by atoms with E-state index in [1.54, 1.807) is 29.8 Å². The maximum atomic E-state index is 12.0. The number of nitrogens with zero attached hydrogens (tertiary/aromatic N) is 3. The highest BCUT2D eigenvalue weighted by atomic mass is 32.2. The number of carboxylic acid groups (broad SMARTS) is 1. The lowest BCUT2D eigenvalue weighted by molar-refractivity contribution is 0.0699. The number of rotatable bonds is 5. The summed E-state index contributed by atoms with van der Waals surface area (Å²) < 4.78 is 36.1. The van der Waals surface area contributed by atoms with Gasteiger partial charge in [-0.3, -0.25) is 0 Å². The van der Waals surface area contributed by atoms with E-state index in [0.717, 1.165) is 0 Å². The van der Waals surface area contributed by atoms with Crippen LogP contribution < -0.4 is 9.47 Å². The number of carboxylic acids is 1. The number of sulfone groups is 1. The van der Waals surface area contributed by atoms with Gasteiger partial charge in [0.05, 0.1) is 54.1 Å². The molecule has 0 amide bonds. The molecule has 2 aromatic heterocycles. The van der Waals surface area contributed by atoms with Gasteiger partial charge in [-0.15, -0.1) is 0 Å². The molecular formula is C20H21N3O6S. The van der Waals surface area contributed by atoms with Crippen molar-refractivity contribution in [2.24, 2.45) is 0 Å². The Morgan fingerprint density at radius 3 is 2.53 bits per heavy atom. The van der Waals surface area contributed by atoms with Crippen LogP contribution in [0.2, 0.25) is 0 Å². The first kappa shape index (κ1) is 20.1. The van der Waals surface area contributed by atoms with E-state index in [1.165, 1.54) is 20.3 Å². The summed E-state index contributed by atoms with van der Waals surface area (Å²) in [5.41, 5.74) is 1.98. The zero-order valence-electron chi connectivity index (χ0n) is 16.7. The number of fused-ring (bicyclic) bond motifs is 1. The van der Waals surface area contributed by atoms with Crippen LogP contribution in [0.5, 0.6) is 11.5 Å². The Balaban J connectivity index is 1.94. The minimum absolute atomic E-state index is 0.0338. The number of carbonyl (C=O) groups is 1. The van der Waals surface area contributed by atoms with E-state index >= 15 is 0 Å². The predicted octanol–water partition coefficient (Wildman–Crippen LogP) is 2.48. The van der Waals surface area contributed by atoms with Crippen molar-refractivity contribution in [3.8, 4) is 22.8 Å². The first-order chi connectivity index (χ1) is 14.2. The van der Waals surface area contributed by atoms with Crippen molar-refractivity contribution in [2.45, 2.75) is 19.4 Å². The van der Waals surface area contributed by atoms with Crippen molar-refractivity contribution in [1.82, 2.24) is 14.8 Å². The Kier molecular flexibility index (Phi) is 4.89. The lowest BCUT2D eigenvalue weighted by Crippen LogP contribution is -2.13. The third-order valence-electron chi connectivity index (χ3n) is 5.30. The van der Waals surface area contributed by atoms with E-state index in [0.29, 0.717) is 45.9 Å².